The first-order chi connectivity index (χ1) is 21.5. The summed E-state index contributed by atoms with van der Waals surface area (Å²) in [6, 6.07) is 19.1. The van der Waals surface area contributed by atoms with Gasteiger partial charge in [-0.1, -0.05) is 0 Å². The Morgan fingerprint density at radius 3 is 1.21 bits per heavy atom. The second-order valence-corrected chi connectivity index (χ2v) is 26.1. The minimum Gasteiger partial charge on any atom is -1.00 e. The van der Waals surface area contributed by atoms with Crippen LogP contribution in [0.2, 0.25) is 8.26 Å². The van der Waals surface area contributed by atoms with Crippen LogP contribution in [0.4, 0.5) is 0 Å². The fourth-order valence-corrected chi connectivity index (χ4v) is 27.6. The third-order valence-electron chi connectivity index (χ3n) is 12.0. The SMILES string of the molecule is CCC1=Cc2c(-c3ccc(C)cc3C)cc(C)c(C)c2[CH]1[Zr+2]1([CH]2C(CC)=Cc3c(-c4ccc(C)cc4C)cc(C)c(C)c32)[CH2][CH2]1.[Cl-].[Cl-]. The van der Waals surface area contributed by atoms with Crippen LogP contribution in [0.1, 0.15) is 101 Å². The van der Waals surface area contributed by atoms with Crippen molar-refractivity contribution in [3.63, 3.8) is 0 Å². The molecule has 2 aliphatic carbocycles. The van der Waals surface area contributed by atoms with Gasteiger partial charge in [0.1, 0.15) is 0 Å². The van der Waals surface area contributed by atoms with E-state index >= 15 is 0 Å². The standard InChI is InChI=1S/2C21H23.C2H4.2ClH.Zr/c2*1-6-17-11-19-16(5)14(3)10-20(21(19)12-17)18-8-7-13(2)9-15(18)4;1-2;;;/h2*7-12H,6H2,1-5H3;1-2H2;2*1H;/q;;;;;+2/p-2. The van der Waals surface area contributed by atoms with Gasteiger partial charge in [-0.25, -0.2) is 0 Å². The topological polar surface area (TPSA) is 0 Å². The smallest absolute Gasteiger partial charge is 1.00 e. The molecule has 0 N–H and O–H groups in total. The maximum Gasteiger partial charge on any atom is -1.00 e. The zero-order chi connectivity index (χ0) is 31.9. The molecule has 3 aliphatic rings. The predicted octanol–water partition coefficient (Wildman–Crippen LogP) is 6.90. The largest absolute Gasteiger partial charge is 1.00 e. The number of allylic oxidation sites excluding steroid dienone is 2. The summed E-state index contributed by atoms with van der Waals surface area (Å²) in [5.74, 6) is 0. The molecule has 1 fully saturated rings. The normalized spacial score (nSPS) is 17.8. The zero-order valence-corrected chi connectivity index (χ0v) is 34.0. The second kappa shape index (κ2) is 13.3. The summed E-state index contributed by atoms with van der Waals surface area (Å²) in [5, 5.41) is 0. The van der Waals surface area contributed by atoms with Crippen LogP contribution >= 0.6 is 0 Å². The Labute approximate surface area is 301 Å². The van der Waals surface area contributed by atoms with E-state index in [1.54, 1.807) is 44.5 Å². The van der Waals surface area contributed by atoms with Crippen molar-refractivity contribution in [3.05, 3.63) is 126 Å². The maximum atomic E-state index is 2.67. The molecule has 0 bridgehead atoms. The molecule has 0 radical (unpaired) electrons. The van der Waals surface area contributed by atoms with Gasteiger partial charge in [0.25, 0.3) is 0 Å². The van der Waals surface area contributed by atoms with Crippen molar-refractivity contribution in [2.24, 2.45) is 0 Å². The van der Waals surface area contributed by atoms with Gasteiger partial charge in [0, 0.05) is 0 Å². The van der Waals surface area contributed by atoms with Gasteiger partial charge >= 0.3 is 279 Å². The van der Waals surface area contributed by atoms with Crippen LogP contribution in [-0.4, -0.2) is 0 Å². The summed E-state index contributed by atoms with van der Waals surface area (Å²) >= 11 is -2.83. The molecule has 0 nitrogen and oxygen atoms in total. The molecule has 0 amide bonds. The molecule has 0 saturated carbocycles. The van der Waals surface area contributed by atoms with Crippen LogP contribution in [0.5, 0.6) is 0 Å². The molecule has 1 aliphatic heterocycles. The van der Waals surface area contributed by atoms with Crippen LogP contribution < -0.4 is 24.8 Å². The van der Waals surface area contributed by atoms with E-state index < -0.39 is 20.3 Å². The van der Waals surface area contributed by atoms with E-state index in [2.05, 4.69) is 130 Å². The van der Waals surface area contributed by atoms with Gasteiger partial charge in [0.15, 0.2) is 0 Å². The van der Waals surface area contributed by atoms with E-state index in [1.165, 1.54) is 63.9 Å². The van der Waals surface area contributed by atoms with Crippen LogP contribution in [-0.2, 0) is 20.3 Å². The van der Waals surface area contributed by atoms with Crippen molar-refractivity contribution in [1.29, 1.82) is 0 Å². The first kappa shape index (κ1) is 36.1. The number of aryl methyl sites for hydroxylation is 6. The summed E-state index contributed by atoms with van der Waals surface area (Å²) in [6.07, 6.45) is 7.67. The Kier molecular flexibility index (Phi) is 10.2. The molecular formula is C44H50Cl2Zr. The molecule has 1 heterocycles. The molecule has 4 aromatic rings. The van der Waals surface area contributed by atoms with Crippen molar-refractivity contribution in [2.45, 2.75) is 97.6 Å². The van der Waals surface area contributed by atoms with Crippen molar-refractivity contribution in [2.75, 3.05) is 0 Å². The van der Waals surface area contributed by atoms with Gasteiger partial charge in [0.05, 0.1) is 0 Å². The molecule has 47 heavy (non-hydrogen) atoms. The quantitative estimate of drug-likeness (QED) is 0.202. The monoisotopic (exact) mass is 738 g/mol. The van der Waals surface area contributed by atoms with Gasteiger partial charge in [-0.2, -0.15) is 0 Å². The molecule has 2 unspecified atom stereocenters. The minimum absolute atomic E-state index is 0. The molecule has 244 valence electrons. The van der Waals surface area contributed by atoms with E-state index in [-0.39, 0.29) is 24.8 Å². The van der Waals surface area contributed by atoms with Gasteiger partial charge in [-0.05, 0) is 0 Å². The van der Waals surface area contributed by atoms with Gasteiger partial charge < -0.3 is 24.8 Å². The minimum atomic E-state index is -2.83. The van der Waals surface area contributed by atoms with Gasteiger partial charge in [-0.3, -0.25) is 0 Å². The number of hydrogen-bond donors (Lipinski definition) is 0. The Bertz CT molecular complexity index is 1830. The Hall–Kier alpha value is -2.18. The van der Waals surface area contributed by atoms with Crippen LogP contribution in [0, 0.1) is 55.4 Å². The first-order valence-corrected chi connectivity index (χ1v) is 23.7. The first-order valence-electron chi connectivity index (χ1n) is 17.3. The molecule has 3 heteroatoms. The summed E-state index contributed by atoms with van der Waals surface area (Å²) in [7, 11) is 0. The molecule has 0 spiro atoms. The van der Waals surface area contributed by atoms with Crippen molar-refractivity contribution >= 4 is 12.2 Å². The number of rotatable bonds is 6. The van der Waals surface area contributed by atoms with E-state index in [4.69, 9.17) is 0 Å². The number of benzene rings is 4. The van der Waals surface area contributed by atoms with Crippen LogP contribution in [0.3, 0.4) is 0 Å². The predicted molar refractivity (Wildman–Crippen MR) is 193 cm³/mol. The molecular weight excluding hydrogens is 691 g/mol. The summed E-state index contributed by atoms with van der Waals surface area (Å²) < 4.78 is 4.38. The van der Waals surface area contributed by atoms with Gasteiger partial charge in [-0.15, -0.1) is 0 Å². The zero-order valence-electron chi connectivity index (χ0n) is 30.0. The number of halogens is 2. The Balaban J connectivity index is 0.00000217. The Morgan fingerprint density at radius 2 is 0.894 bits per heavy atom. The van der Waals surface area contributed by atoms with E-state index in [0.29, 0.717) is 7.25 Å². The van der Waals surface area contributed by atoms with Crippen molar-refractivity contribution < 1.29 is 45.1 Å². The fourth-order valence-electron chi connectivity index (χ4n) is 9.38. The molecule has 0 aromatic heterocycles. The van der Waals surface area contributed by atoms with E-state index in [9.17, 15) is 0 Å². The third-order valence-corrected chi connectivity index (χ3v) is 25.0. The molecule has 4 aromatic carbocycles. The second-order valence-electron chi connectivity index (χ2n) is 14.8. The Morgan fingerprint density at radius 1 is 0.511 bits per heavy atom. The molecule has 1 saturated heterocycles. The third kappa shape index (κ3) is 5.62. The number of fused-ring (bicyclic) bond motifs is 2. The average molecular weight is 741 g/mol. The van der Waals surface area contributed by atoms with E-state index in [0.717, 1.165) is 12.8 Å². The summed E-state index contributed by atoms with van der Waals surface area (Å²) in [5.41, 5.74) is 27.3. The maximum absolute atomic E-state index is 2.83. The van der Waals surface area contributed by atoms with Crippen LogP contribution in [0.15, 0.2) is 59.7 Å². The fraction of sp³-hybridized carbons (Fsp3) is 0.364. The molecule has 2 atom stereocenters. The van der Waals surface area contributed by atoms with Gasteiger partial charge in [0.2, 0.25) is 0 Å². The average Bonchev–Trinajstić information content (AvgIpc) is 3.53. The molecule has 7 rings (SSSR count). The summed E-state index contributed by atoms with van der Waals surface area (Å²) in [4.78, 5) is 0. The van der Waals surface area contributed by atoms with Crippen molar-refractivity contribution in [1.82, 2.24) is 0 Å². The van der Waals surface area contributed by atoms with Crippen molar-refractivity contribution in [3.8, 4) is 22.3 Å². The summed E-state index contributed by atoms with van der Waals surface area (Å²) in [6.45, 7) is 23.5. The van der Waals surface area contributed by atoms with Crippen LogP contribution in [0.25, 0.3) is 34.4 Å². The number of hydrogen-bond acceptors (Lipinski definition) is 0. The van der Waals surface area contributed by atoms with E-state index in [1.807, 2.05) is 0 Å².